The normalized spacial score (nSPS) is 11.5. The maximum absolute atomic E-state index is 6.40. The van der Waals surface area contributed by atoms with Gasteiger partial charge in [0.25, 0.3) is 0 Å². The van der Waals surface area contributed by atoms with E-state index in [4.69, 9.17) is 4.42 Å². The molecule has 0 unspecified atom stereocenters. The monoisotopic (exact) mass is 880 g/mol. The second kappa shape index (κ2) is 16.9. The number of para-hydroxylation sites is 4. The number of hydrogen-bond acceptors (Lipinski definition) is 2. The average Bonchev–Trinajstić information content (AvgIpc) is 3.98. The van der Waals surface area contributed by atoms with Gasteiger partial charge in [-0.05, 0) is 123 Å². The van der Waals surface area contributed by atoms with Gasteiger partial charge in [-0.2, -0.15) is 0 Å². The van der Waals surface area contributed by atoms with E-state index in [1.807, 2.05) is 6.07 Å². The third-order valence-corrected chi connectivity index (χ3v) is 13.6. The predicted octanol–water partition coefficient (Wildman–Crippen LogP) is 18.5. The van der Waals surface area contributed by atoms with Gasteiger partial charge in [0.05, 0.1) is 16.7 Å². The fraction of sp³-hybridized carbons (Fsp3) is 0. The van der Waals surface area contributed by atoms with E-state index in [2.05, 4.69) is 270 Å². The van der Waals surface area contributed by atoms with Crippen LogP contribution >= 0.6 is 0 Å². The van der Waals surface area contributed by atoms with Crippen molar-refractivity contribution in [1.29, 1.82) is 0 Å². The molecule has 0 aliphatic heterocycles. The molecule has 0 aliphatic rings. The first kappa shape index (κ1) is 40.1. The number of nitrogens with zero attached hydrogens (tertiary/aromatic N) is 2. The molecule has 324 valence electrons. The van der Waals surface area contributed by atoms with Crippen LogP contribution in [0.1, 0.15) is 0 Å². The molecule has 0 saturated heterocycles. The molecule has 0 fully saturated rings. The molecule has 13 rings (SSSR count). The first-order chi connectivity index (χ1) is 34.2. The van der Waals surface area contributed by atoms with Crippen molar-refractivity contribution in [3.05, 3.63) is 267 Å². The first-order valence-electron chi connectivity index (χ1n) is 23.6. The van der Waals surface area contributed by atoms with Crippen LogP contribution in [0.3, 0.4) is 0 Å². The Hall–Kier alpha value is -9.18. The topological polar surface area (TPSA) is 21.3 Å². The van der Waals surface area contributed by atoms with E-state index >= 15 is 0 Å². The summed E-state index contributed by atoms with van der Waals surface area (Å²) < 4.78 is 8.78. The summed E-state index contributed by atoms with van der Waals surface area (Å²) in [6.07, 6.45) is 0. The van der Waals surface area contributed by atoms with Crippen molar-refractivity contribution in [3.63, 3.8) is 0 Å². The van der Waals surface area contributed by atoms with Crippen molar-refractivity contribution >= 4 is 60.8 Å². The van der Waals surface area contributed by atoms with Crippen LogP contribution in [0.25, 0.3) is 105 Å². The summed E-state index contributed by atoms with van der Waals surface area (Å²) in [5, 5.41) is 4.75. The molecule has 3 nitrogen and oxygen atoms in total. The van der Waals surface area contributed by atoms with Crippen LogP contribution in [-0.2, 0) is 0 Å². The highest BCUT2D eigenvalue weighted by atomic mass is 16.3. The molecule has 0 amide bonds. The Morgan fingerprint density at radius 1 is 0.290 bits per heavy atom. The van der Waals surface area contributed by atoms with E-state index in [9.17, 15) is 0 Å². The van der Waals surface area contributed by atoms with Gasteiger partial charge in [-0.1, -0.05) is 194 Å². The predicted molar refractivity (Wildman–Crippen MR) is 290 cm³/mol. The summed E-state index contributed by atoms with van der Waals surface area (Å²) in [5.74, 6) is 0. The summed E-state index contributed by atoms with van der Waals surface area (Å²) >= 11 is 0. The highest BCUT2D eigenvalue weighted by molar-refractivity contribution is 6.14. The third kappa shape index (κ3) is 7.16. The minimum Gasteiger partial charge on any atom is -0.456 e. The van der Waals surface area contributed by atoms with E-state index in [-0.39, 0.29) is 0 Å². The van der Waals surface area contributed by atoms with Crippen LogP contribution in [0.15, 0.2) is 271 Å². The number of anilines is 3. The largest absolute Gasteiger partial charge is 0.456 e. The van der Waals surface area contributed by atoms with Gasteiger partial charge in [0.2, 0.25) is 0 Å². The van der Waals surface area contributed by atoms with Gasteiger partial charge in [0, 0.05) is 44.2 Å². The van der Waals surface area contributed by atoms with Crippen LogP contribution in [0.4, 0.5) is 17.1 Å². The van der Waals surface area contributed by atoms with E-state index < -0.39 is 0 Å². The molecule has 3 heteroatoms. The Labute approximate surface area is 401 Å². The minimum atomic E-state index is 0.878. The molecule has 0 saturated carbocycles. The van der Waals surface area contributed by atoms with Gasteiger partial charge in [0.1, 0.15) is 11.2 Å². The lowest BCUT2D eigenvalue weighted by atomic mass is 9.96. The van der Waals surface area contributed by atoms with Crippen molar-refractivity contribution in [3.8, 4) is 61.3 Å². The molecule has 13 aromatic rings. The minimum absolute atomic E-state index is 0.878. The zero-order chi connectivity index (χ0) is 45.7. The van der Waals surface area contributed by atoms with Crippen LogP contribution in [0, 0.1) is 0 Å². The molecule has 0 atom stereocenters. The Balaban J connectivity index is 0.866. The van der Waals surface area contributed by atoms with Crippen LogP contribution in [0.2, 0.25) is 0 Å². The fourth-order valence-corrected chi connectivity index (χ4v) is 10.3. The van der Waals surface area contributed by atoms with Crippen molar-refractivity contribution in [2.45, 2.75) is 0 Å². The molecule has 2 heterocycles. The maximum Gasteiger partial charge on any atom is 0.136 e. The van der Waals surface area contributed by atoms with Crippen LogP contribution in [0.5, 0.6) is 0 Å². The molecule has 11 aromatic carbocycles. The second-order valence-electron chi connectivity index (χ2n) is 17.7. The molecule has 0 bridgehead atoms. The Kier molecular flexibility index (Phi) is 9.84. The number of fused-ring (bicyclic) bond motifs is 6. The molecule has 0 radical (unpaired) electrons. The van der Waals surface area contributed by atoms with Gasteiger partial charge >= 0.3 is 0 Å². The summed E-state index contributed by atoms with van der Waals surface area (Å²) in [4.78, 5) is 2.39. The van der Waals surface area contributed by atoms with E-state index in [1.54, 1.807) is 0 Å². The van der Waals surface area contributed by atoms with Gasteiger partial charge < -0.3 is 13.9 Å². The number of furan rings is 1. The number of hydrogen-bond donors (Lipinski definition) is 0. The van der Waals surface area contributed by atoms with E-state index in [1.165, 1.54) is 49.6 Å². The maximum atomic E-state index is 6.40. The standard InChI is InChI=1S/C66H44N2O/c1-2-15-45(16-3-1)50-17-12-18-51(43-50)49-37-41-54(42-38-49)67(61-26-8-6-23-58(61)59-25-14-30-65-66(59)60-24-7-11-29-64(60)69-65)53-39-35-47(36-40-53)46-31-33-48(34-32-46)52-19-13-20-55(44-52)68-62-27-9-4-21-56(62)57-22-5-10-28-63(57)68/h1-44H. The Morgan fingerprint density at radius 2 is 0.725 bits per heavy atom. The molecule has 69 heavy (non-hydrogen) atoms. The summed E-state index contributed by atoms with van der Waals surface area (Å²) in [6.45, 7) is 0. The highest BCUT2D eigenvalue weighted by Gasteiger charge is 2.21. The van der Waals surface area contributed by atoms with Crippen molar-refractivity contribution in [1.82, 2.24) is 4.57 Å². The molecule has 2 aromatic heterocycles. The molecule has 0 N–H and O–H groups in total. The lowest BCUT2D eigenvalue weighted by Crippen LogP contribution is -2.11. The number of benzene rings is 11. The zero-order valence-corrected chi connectivity index (χ0v) is 37.7. The molecular formula is C66H44N2O. The Bertz CT molecular complexity index is 3940. The van der Waals surface area contributed by atoms with Crippen LogP contribution < -0.4 is 4.90 Å². The molecule has 0 spiro atoms. The van der Waals surface area contributed by atoms with Gasteiger partial charge in [0.15, 0.2) is 0 Å². The van der Waals surface area contributed by atoms with Gasteiger partial charge in [-0.25, -0.2) is 0 Å². The SMILES string of the molecule is c1ccc(-c2cccc(-c3ccc(N(c4ccc(-c5ccc(-c6cccc(-n7c8ccccc8c8ccccc87)c6)cc5)cc4)c4ccccc4-c4cccc5oc6ccccc6c45)cc3)c2)cc1. The van der Waals surface area contributed by atoms with Crippen molar-refractivity contribution in [2.24, 2.45) is 0 Å². The fourth-order valence-electron chi connectivity index (χ4n) is 10.3. The summed E-state index contributed by atoms with van der Waals surface area (Å²) in [6, 6.07) is 96.0. The lowest BCUT2D eigenvalue weighted by Gasteiger charge is -2.28. The number of rotatable bonds is 9. The quantitative estimate of drug-likeness (QED) is 0.144. The summed E-state index contributed by atoms with van der Waals surface area (Å²) in [5.41, 5.74) is 20.2. The van der Waals surface area contributed by atoms with E-state index in [0.717, 1.165) is 72.5 Å². The van der Waals surface area contributed by atoms with Crippen molar-refractivity contribution < 1.29 is 4.42 Å². The first-order valence-corrected chi connectivity index (χ1v) is 23.6. The highest BCUT2D eigenvalue weighted by Crippen LogP contribution is 2.45. The lowest BCUT2D eigenvalue weighted by molar-refractivity contribution is 0.669. The van der Waals surface area contributed by atoms with E-state index in [0.29, 0.717) is 0 Å². The summed E-state index contributed by atoms with van der Waals surface area (Å²) in [7, 11) is 0. The van der Waals surface area contributed by atoms with Crippen LogP contribution in [-0.4, -0.2) is 4.57 Å². The van der Waals surface area contributed by atoms with Gasteiger partial charge in [-0.15, -0.1) is 0 Å². The smallest absolute Gasteiger partial charge is 0.136 e. The second-order valence-corrected chi connectivity index (χ2v) is 17.7. The Morgan fingerprint density at radius 3 is 1.38 bits per heavy atom. The van der Waals surface area contributed by atoms with Gasteiger partial charge in [-0.3, -0.25) is 0 Å². The molecular weight excluding hydrogens is 837 g/mol. The number of aromatic nitrogens is 1. The molecule has 0 aliphatic carbocycles. The zero-order valence-electron chi connectivity index (χ0n) is 37.7. The third-order valence-electron chi connectivity index (χ3n) is 13.6. The van der Waals surface area contributed by atoms with Crippen molar-refractivity contribution in [2.75, 3.05) is 4.90 Å². The average molecular weight is 881 g/mol.